The Kier molecular flexibility index (Phi) is 7.94. The van der Waals surface area contributed by atoms with Gasteiger partial charge in [0.2, 0.25) is 15.2 Å². The van der Waals surface area contributed by atoms with E-state index < -0.39 is 10.0 Å². The van der Waals surface area contributed by atoms with E-state index in [0.717, 1.165) is 12.0 Å². The monoisotopic (exact) mass is 464 g/mol. The summed E-state index contributed by atoms with van der Waals surface area (Å²) in [6, 6.07) is 12.2. The molecule has 0 radical (unpaired) electrons. The Balaban J connectivity index is 1.60. The first-order chi connectivity index (χ1) is 14.9. The molecule has 0 fully saturated rings. The van der Waals surface area contributed by atoms with Crippen molar-refractivity contribution in [2.45, 2.75) is 37.1 Å². The van der Waals surface area contributed by atoms with Crippen molar-refractivity contribution in [2.75, 3.05) is 19.0 Å². The summed E-state index contributed by atoms with van der Waals surface area (Å²) < 4.78 is 50.7. The first-order valence-corrected chi connectivity index (χ1v) is 12.1. The average Bonchev–Trinajstić information content (AvgIpc) is 3.21. The number of rotatable bonds is 11. The van der Waals surface area contributed by atoms with Gasteiger partial charge in [-0.15, -0.1) is 0 Å². The van der Waals surface area contributed by atoms with Gasteiger partial charge in [0.05, 0.1) is 12.0 Å². The maximum atomic E-state index is 13.0. The third-order valence-electron chi connectivity index (χ3n) is 4.57. The van der Waals surface area contributed by atoms with Crippen LogP contribution in [0.5, 0.6) is 5.75 Å². The molecule has 0 amide bonds. The normalized spacial score (nSPS) is 12.5. The Labute approximate surface area is 185 Å². The summed E-state index contributed by atoms with van der Waals surface area (Å²) in [4.78, 5) is 4.63. The molecule has 1 heterocycles. The highest BCUT2D eigenvalue weighted by molar-refractivity contribution is 7.89. The quantitative estimate of drug-likeness (QED) is 0.448. The van der Waals surface area contributed by atoms with E-state index in [0.29, 0.717) is 36.1 Å². The number of hydrogen-bond acceptors (Lipinski definition) is 7. The van der Waals surface area contributed by atoms with Crippen LogP contribution >= 0.6 is 11.5 Å². The fourth-order valence-electron chi connectivity index (χ4n) is 2.99. The van der Waals surface area contributed by atoms with E-state index in [-0.39, 0.29) is 16.8 Å². The van der Waals surface area contributed by atoms with Crippen LogP contribution in [0.1, 0.15) is 31.2 Å². The standard InChI is InChI=1S/C21H25FN4O3S2/c1-3-4-17(26-31(27,28)19-11-9-18(29-2)10-12-19)14-23-21-24-20(25-30-21)13-15-5-7-16(22)8-6-15/h5-12,17,26H,3-4,13-14H2,1-2H3,(H,23,24,25). The minimum absolute atomic E-state index is 0.187. The van der Waals surface area contributed by atoms with Crippen molar-refractivity contribution in [1.82, 2.24) is 14.1 Å². The first kappa shape index (κ1) is 23.1. The predicted molar refractivity (Wildman–Crippen MR) is 120 cm³/mol. The SMILES string of the molecule is CCCC(CNc1nc(Cc2ccc(F)cc2)ns1)NS(=O)(=O)c1ccc(OC)cc1. The van der Waals surface area contributed by atoms with Crippen molar-refractivity contribution < 1.29 is 17.5 Å². The van der Waals surface area contributed by atoms with Crippen LogP contribution in [0.2, 0.25) is 0 Å². The third kappa shape index (κ3) is 6.71. The maximum absolute atomic E-state index is 13.0. The molecular formula is C21H25FN4O3S2. The smallest absolute Gasteiger partial charge is 0.240 e. The Morgan fingerprint density at radius 3 is 2.48 bits per heavy atom. The van der Waals surface area contributed by atoms with Gasteiger partial charge in [-0.2, -0.15) is 4.37 Å². The van der Waals surface area contributed by atoms with Gasteiger partial charge in [0.25, 0.3) is 0 Å². The van der Waals surface area contributed by atoms with Gasteiger partial charge in [-0.25, -0.2) is 22.5 Å². The number of nitrogens with one attached hydrogen (secondary N) is 2. The average molecular weight is 465 g/mol. The molecule has 2 N–H and O–H groups in total. The van der Waals surface area contributed by atoms with Crippen LogP contribution < -0.4 is 14.8 Å². The molecule has 0 aliphatic rings. The number of hydrogen-bond donors (Lipinski definition) is 2. The van der Waals surface area contributed by atoms with E-state index in [1.165, 1.54) is 42.9 Å². The summed E-state index contributed by atoms with van der Waals surface area (Å²) in [6.07, 6.45) is 1.99. The second kappa shape index (κ2) is 10.7. The van der Waals surface area contributed by atoms with Gasteiger partial charge in [0.1, 0.15) is 17.4 Å². The molecule has 1 atom stereocenters. The van der Waals surface area contributed by atoms with E-state index in [9.17, 15) is 12.8 Å². The summed E-state index contributed by atoms with van der Waals surface area (Å²) in [7, 11) is -2.13. The lowest BCUT2D eigenvalue weighted by molar-refractivity contribution is 0.414. The van der Waals surface area contributed by atoms with Crippen LogP contribution in [-0.4, -0.2) is 37.5 Å². The molecular weight excluding hydrogens is 439 g/mol. The summed E-state index contributed by atoms with van der Waals surface area (Å²) in [6.45, 7) is 2.38. The zero-order valence-corrected chi connectivity index (χ0v) is 19.0. The summed E-state index contributed by atoms with van der Waals surface area (Å²) >= 11 is 1.21. The van der Waals surface area contributed by atoms with Gasteiger partial charge in [-0.3, -0.25) is 0 Å². The summed E-state index contributed by atoms with van der Waals surface area (Å²) in [5.41, 5.74) is 0.918. The molecule has 3 aromatic rings. The number of nitrogens with zero attached hydrogens (tertiary/aromatic N) is 2. The van der Waals surface area contributed by atoms with Crippen LogP contribution in [0, 0.1) is 5.82 Å². The number of methoxy groups -OCH3 is 1. The van der Waals surface area contributed by atoms with Gasteiger partial charge >= 0.3 is 0 Å². The van der Waals surface area contributed by atoms with E-state index in [1.807, 2.05) is 6.92 Å². The number of ether oxygens (including phenoxy) is 1. The molecule has 2 aromatic carbocycles. The van der Waals surface area contributed by atoms with Crippen LogP contribution in [0.15, 0.2) is 53.4 Å². The number of aromatic nitrogens is 2. The number of sulfonamides is 1. The number of anilines is 1. The van der Waals surface area contributed by atoms with Gasteiger partial charge in [-0.05, 0) is 48.4 Å². The first-order valence-electron chi connectivity index (χ1n) is 9.87. The molecule has 7 nitrogen and oxygen atoms in total. The third-order valence-corrected chi connectivity index (χ3v) is 6.82. The largest absolute Gasteiger partial charge is 0.497 e. The zero-order chi connectivity index (χ0) is 22.3. The van der Waals surface area contributed by atoms with Crippen molar-refractivity contribution in [1.29, 1.82) is 0 Å². The van der Waals surface area contributed by atoms with Crippen molar-refractivity contribution >= 4 is 26.7 Å². The molecule has 0 aliphatic heterocycles. The van der Waals surface area contributed by atoms with Crippen molar-refractivity contribution in [3.05, 3.63) is 65.7 Å². The molecule has 1 aromatic heterocycles. The molecule has 31 heavy (non-hydrogen) atoms. The Hall–Kier alpha value is -2.56. The van der Waals surface area contributed by atoms with Gasteiger partial charge in [0.15, 0.2) is 0 Å². The molecule has 0 saturated carbocycles. The number of benzene rings is 2. The topological polar surface area (TPSA) is 93.2 Å². The highest BCUT2D eigenvalue weighted by Gasteiger charge is 2.20. The van der Waals surface area contributed by atoms with Crippen molar-refractivity contribution in [3.63, 3.8) is 0 Å². The van der Waals surface area contributed by atoms with E-state index in [2.05, 4.69) is 19.4 Å². The van der Waals surface area contributed by atoms with E-state index in [4.69, 9.17) is 4.74 Å². The van der Waals surface area contributed by atoms with Crippen LogP contribution in [-0.2, 0) is 16.4 Å². The summed E-state index contributed by atoms with van der Waals surface area (Å²) in [5.74, 6) is 0.944. The number of halogens is 1. The molecule has 0 spiro atoms. The highest BCUT2D eigenvalue weighted by Crippen LogP contribution is 2.18. The van der Waals surface area contributed by atoms with E-state index in [1.54, 1.807) is 24.3 Å². The van der Waals surface area contributed by atoms with Gasteiger partial charge in [0, 0.05) is 30.5 Å². The lowest BCUT2D eigenvalue weighted by Gasteiger charge is -2.18. The van der Waals surface area contributed by atoms with Crippen LogP contribution in [0.25, 0.3) is 0 Å². The van der Waals surface area contributed by atoms with Gasteiger partial charge < -0.3 is 10.1 Å². The molecule has 3 rings (SSSR count). The fraction of sp³-hybridized carbons (Fsp3) is 0.333. The lowest BCUT2D eigenvalue weighted by Crippen LogP contribution is -2.39. The second-order valence-electron chi connectivity index (χ2n) is 6.98. The molecule has 1 unspecified atom stereocenters. The Morgan fingerprint density at radius 1 is 1.13 bits per heavy atom. The molecule has 0 saturated heterocycles. The highest BCUT2D eigenvalue weighted by atomic mass is 32.2. The predicted octanol–water partition coefficient (Wildman–Crippen LogP) is 3.84. The van der Waals surface area contributed by atoms with Crippen molar-refractivity contribution in [3.8, 4) is 5.75 Å². The van der Waals surface area contributed by atoms with E-state index >= 15 is 0 Å². The zero-order valence-electron chi connectivity index (χ0n) is 17.3. The lowest BCUT2D eigenvalue weighted by atomic mass is 10.1. The minimum atomic E-state index is -3.66. The van der Waals surface area contributed by atoms with Crippen LogP contribution in [0.4, 0.5) is 9.52 Å². The van der Waals surface area contributed by atoms with Gasteiger partial charge in [-0.1, -0.05) is 25.5 Å². The van der Waals surface area contributed by atoms with Crippen LogP contribution in [0.3, 0.4) is 0 Å². The molecule has 0 aliphatic carbocycles. The molecule has 166 valence electrons. The minimum Gasteiger partial charge on any atom is -0.497 e. The Morgan fingerprint density at radius 2 is 1.84 bits per heavy atom. The second-order valence-corrected chi connectivity index (χ2v) is 9.45. The fourth-order valence-corrected chi connectivity index (χ4v) is 4.85. The Bertz CT molecular complexity index is 1070. The van der Waals surface area contributed by atoms with Crippen molar-refractivity contribution in [2.24, 2.45) is 0 Å². The summed E-state index contributed by atoms with van der Waals surface area (Å²) in [5, 5.41) is 3.79. The molecule has 10 heteroatoms. The maximum Gasteiger partial charge on any atom is 0.240 e. The molecule has 0 bridgehead atoms.